The average molecular weight is 365 g/mol. The van der Waals surface area contributed by atoms with Crippen LogP contribution in [0.15, 0.2) is 39.6 Å². The molecule has 0 unspecified atom stereocenters. The van der Waals surface area contributed by atoms with Crippen molar-refractivity contribution < 1.29 is 27.5 Å². The maximum Gasteiger partial charge on any atom is 0.339 e. The molecule has 8 heteroatoms. The first-order valence-electron chi connectivity index (χ1n) is 7.56. The molecule has 0 saturated carbocycles. The lowest BCUT2D eigenvalue weighted by Gasteiger charge is -2.16. The molecule has 0 bridgehead atoms. The number of carbonyl (C=O) groups is 2. The van der Waals surface area contributed by atoms with E-state index in [1.54, 1.807) is 0 Å². The Bertz CT molecular complexity index is 913. The summed E-state index contributed by atoms with van der Waals surface area (Å²) in [6.07, 6.45) is 0. The van der Waals surface area contributed by atoms with E-state index in [0.717, 1.165) is 0 Å². The van der Waals surface area contributed by atoms with Crippen LogP contribution in [0.2, 0.25) is 0 Å². The molecule has 0 saturated heterocycles. The summed E-state index contributed by atoms with van der Waals surface area (Å²) in [7, 11) is -1.88. The van der Waals surface area contributed by atoms with Crippen LogP contribution in [0.25, 0.3) is 0 Å². The molecule has 1 heterocycles. The molecule has 0 aliphatic heterocycles. The Labute approximate surface area is 145 Å². The number of sulfone groups is 1. The zero-order valence-corrected chi connectivity index (χ0v) is 15.0. The van der Waals surface area contributed by atoms with Crippen molar-refractivity contribution in [2.75, 3.05) is 12.8 Å². The molecule has 134 valence electrons. The van der Waals surface area contributed by atoms with E-state index in [4.69, 9.17) is 9.52 Å². The van der Waals surface area contributed by atoms with Crippen molar-refractivity contribution in [3.63, 3.8) is 0 Å². The largest absolute Gasteiger partial charge is 0.478 e. The highest BCUT2D eigenvalue weighted by Gasteiger charge is 2.19. The highest BCUT2D eigenvalue weighted by molar-refractivity contribution is 7.91. The van der Waals surface area contributed by atoms with E-state index in [2.05, 4.69) is 0 Å². The van der Waals surface area contributed by atoms with Crippen LogP contribution in [0.1, 0.15) is 39.2 Å². The van der Waals surface area contributed by atoms with Crippen molar-refractivity contribution in [1.29, 1.82) is 0 Å². The van der Waals surface area contributed by atoms with Gasteiger partial charge in [-0.3, -0.25) is 4.79 Å². The van der Waals surface area contributed by atoms with Crippen LogP contribution in [0, 0.1) is 6.92 Å². The fourth-order valence-electron chi connectivity index (χ4n) is 2.35. The number of carboxylic acids is 1. The van der Waals surface area contributed by atoms with Gasteiger partial charge in [-0.25, -0.2) is 13.2 Å². The van der Waals surface area contributed by atoms with Crippen LogP contribution in [-0.2, 0) is 16.4 Å². The molecule has 2 rings (SSSR count). The summed E-state index contributed by atoms with van der Waals surface area (Å²) in [5.41, 5.74) is 0.283. The Morgan fingerprint density at radius 1 is 1.24 bits per heavy atom. The quantitative estimate of drug-likeness (QED) is 0.842. The van der Waals surface area contributed by atoms with Crippen molar-refractivity contribution in [2.24, 2.45) is 0 Å². The first kappa shape index (κ1) is 18.7. The lowest BCUT2D eigenvalue weighted by molar-refractivity contribution is 0.0694. The minimum atomic E-state index is -3.41. The summed E-state index contributed by atoms with van der Waals surface area (Å²) in [5, 5.41) is 9.03. The smallest absolute Gasteiger partial charge is 0.339 e. The molecule has 0 fully saturated rings. The lowest BCUT2D eigenvalue weighted by atomic mass is 10.2. The molecule has 2 aromatic rings. The van der Waals surface area contributed by atoms with Gasteiger partial charge >= 0.3 is 5.97 Å². The number of benzene rings is 1. The molecule has 0 aliphatic rings. The molecule has 1 amide bonds. The van der Waals surface area contributed by atoms with E-state index in [1.807, 2.05) is 0 Å². The molecule has 0 radical (unpaired) electrons. The highest BCUT2D eigenvalue weighted by Crippen LogP contribution is 2.18. The molecule has 0 spiro atoms. The number of carbonyl (C=O) groups excluding carboxylic acids is 1. The monoisotopic (exact) mass is 365 g/mol. The van der Waals surface area contributed by atoms with E-state index < -0.39 is 15.8 Å². The Morgan fingerprint density at radius 3 is 2.48 bits per heavy atom. The second kappa shape index (κ2) is 7.10. The van der Waals surface area contributed by atoms with Crippen molar-refractivity contribution in [3.05, 3.63) is 53.0 Å². The van der Waals surface area contributed by atoms with Crippen molar-refractivity contribution in [3.8, 4) is 0 Å². The summed E-state index contributed by atoms with van der Waals surface area (Å²) in [4.78, 5) is 25.0. The molecule has 1 N–H and O–H groups in total. The SMILES string of the molecule is CCS(=O)(=O)c1cccc(C(=O)N(C)Cc2cc(C(=O)O)c(C)o2)c1. The predicted octanol–water partition coefficient (Wildman–Crippen LogP) is 2.35. The summed E-state index contributed by atoms with van der Waals surface area (Å²) in [6, 6.07) is 7.21. The van der Waals surface area contributed by atoms with Crippen LogP contribution in [-0.4, -0.2) is 43.1 Å². The minimum absolute atomic E-state index is 0.0480. The number of aryl methyl sites for hydroxylation is 1. The number of amides is 1. The van der Waals surface area contributed by atoms with Gasteiger partial charge in [0.2, 0.25) is 0 Å². The van der Waals surface area contributed by atoms with E-state index in [-0.39, 0.29) is 40.0 Å². The summed E-state index contributed by atoms with van der Waals surface area (Å²) < 4.78 is 29.2. The van der Waals surface area contributed by atoms with Gasteiger partial charge in [0.1, 0.15) is 17.1 Å². The van der Waals surface area contributed by atoms with Gasteiger partial charge in [0, 0.05) is 12.6 Å². The Morgan fingerprint density at radius 2 is 1.92 bits per heavy atom. The summed E-state index contributed by atoms with van der Waals surface area (Å²) in [6.45, 7) is 3.14. The summed E-state index contributed by atoms with van der Waals surface area (Å²) >= 11 is 0. The highest BCUT2D eigenvalue weighted by atomic mass is 32.2. The third kappa shape index (κ3) is 4.08. The van der Waals surface area contributed by atoms with Crippen LogP contribution in [0.5, 0.6) is 0 Å². The van der Waals surface area contributed by atoms with Gasteiger partial charge in [-0.1, -0.05) is 13.0 Å². The molecule has 1 aromatic heterocycles. The van der Waals surface area contributed by atoms with Gasteiger partial charge in [-0.05, 0) is 31.2 Å². The zero-order valence-electron chi connectivity index (χ0n) is 14.1. The molecule has 0 atom stereocenters. The van der Waals surface area contributed by atoms with Gasteiger partial charge in [0.25, 0.3) is 5.91 Å². The fourth-order valence-corrected chi connectivity index (χ4v) is 3.27. The van der Waals surface area contributed by atoms with Crippen molar-refractivity contribution in [2.45, 2.75) is 25.3 Å². The Hall–Kier alpha value is -2.61. The maximum atomic E-state index is 12.5. The van der Waals surface area contributed by atoms with Crippen LogP contribution in [0.4, 0.5) is 0 Å². The lowest BCUT2D eigenvalue weighted by Crippen LogP contribution is -2.26. The third-order valence-electron chi connectivity index (χ3n) is 3.76. The number of hydrogen-bond acceptors (Lipinski definition) is 5. The maximum absolute atomic E-state index is 12.5. The second-order valence-electron chi connectivity index (χ2n) is 5.58. The predicted molar refractivity (Wildman–Crippen MR) is 90.4 cm³/mol. The van der Waals surface area contributed by atoms with Gasteiger partial charge < -0.3 is 14.4 Å². The number of furan rings is 1. The Balaban J connectivity index is 2.22. The van der Waals surface area contributed by atoms with Crippen LogP contribution < -0.4 is 0 Å². The molecule has 1 aromatic carbocycles. The molecular weight excluding hydrogens is 346 g/mol. The first-order valence-corrected chi connectivity index (χ1v) is 9.21. The van der Waals surface area contributed by atoms with E-state index in [0.29, 0.717) is 5.76 Å². The van der Waals surface area contributed by atoms with Crippen molar-refractivity contribution >= 4 is 21.7 Å². The second-order valence-corrected chi connectivity index (χ2v) is 7.86. The standard InChI is InChI=1S/C17H19NO6S/c1-4-25(22,23)14-7-5-6-12(8-14)16(19)18(3)10-13-9-15(17(20)21)11(2)24-13/h5-9H,4,10H2,1-3H3,(H,20,21). The van der Waals surface area contributed by atoms with Crippen molar-refractivity contribution in [1.82, 2.24) is 4.90 Å². The molecule has 0 aliphatic carbocycles. The number of rotatable bonds is 6. The average Bonchev–Trinajstić information content (AvgIpc) is 2.94. The van der Waals surface area contributed by atoms with Gasteiger partial charge in [-0.15, -0.1) is 0 Å². The number of hydrogen-bond donors (Lipinski definition) is 1. The minimum Gasteiger partial charge on any atom is -0.478 e. The number of aromatic carboxylic acids is 1. The van der Waals surface area contributed by atoms with Crippen LogP contribution in [0.3, 0.4) is 0 Å². The fraction of sp³-hybridized carbons (Fsp3) is 0.294. The van der Waals surface area contributed by atoms with Gasteiger partial charge in [0.15, 0.2) is 9.84 Å². The molecular formula is C17H19NO6S. The zero-order chi connectivity index (χ0) is 18.8. The van der Waals surface area contributed by atoms with Crippen LogP contribution >= 0.6 is 0 Å². The normalized spacial score (nSPS) is 11.3. The van der Waals surface area contributed by atoms with Gasteiger partial charge in [0.05, 0.1) is 17.2 Å². The first-order chi connectivity index (χ1) is 11.7. The third-order valence-corrected chi connectivity index (χ3v) is 5.49. The topological polar surface area (TPSA) is 105 Å². The molecule has 25 heavy (non-hydrogen) atoms. The van der Waals surface area contributed by atoms with E-state index in [9.17, 15) is 18.0 Å². The Kier molecular flexibility index (Phi) is 5.32. The molecule has 7 nitrogen and oxygen atoms in total. The van der Waals surface area contributed by atoms with Gasteiger partial charge in [-0.2, -0.15) is 0 Å². The summed E-state index contributed by atoms with van der Waals surface area (Å²) in [5.74, 6) is -0.940. The van der Waals surface area contributed by atoms with E-state index in [1.165, 1.54) is 56.1 Å². The number of nitrogens with zero attached hydrogens (tertiary/aromatic N) is 1. The van der Waals surface area contributed by atoms with E-state index >= 15 is 0 Å². The number of carboxylic acid groups (broad SMARTS) is 1.